The van der Waals surface area contributed by atoms with Crippen LogP contribution in [0.5, 0.6) is 0 Å². The van der Waals surface area contributed by atoms with Crippen molar-refractivity contribution in [3.63, 3.8) is 0 Å². The summed E-state index contributed by atoms with van der Waals surface area (Å²) in [6.07, 6.45) is 1.63. The van der Waals surface area contributed by atoms with Crippen LogP contribution < -0.4 is 5.32 Å². The molecular weight excluding hydrogens is 304 g/mol. The Hall–Kier alpha value is 0.0800. The first-order valence-electron chi connectivity index (χ1n) is 6.35. The number of amides is 1. The van der Waals surface area contributed by atoms with Crippen molar-refractivity contribution in [2.24, 2.45) is 0 Å². The molecule has 0 radical (unpaired) electrons. The van der Waals surface area contributed by atoms with Crippen LogP contribution in [0, 0.1) is 0 Å². The van der Waals surface area contributed by atoms with Gasteiger partial charge in [0.05, 0.1) is 0 Å². The Morgan fingerprint density at radius 2 is 2.05 bits per heavy atom. The maximum atomic E-state index is 12.3. The van der Waals surface area contributed by atoms with E-state index in [1.807, 2.05) is 11.8 Å². The second-order valence-electron chi connectivity index (χ2n) is 4.88. The van der Waals surface area contributed by atoms with Crippen molar-refractivity contribution in [3.8, 4) is 0 Å². The summed E-state index contributed by atoms with van der Waals surface area (Å²) < 4.78 is 23.5. The second kappa shape index (κ2) is 6.69. The molecule has 2 rings (SSSR count). The minimum absolute atomic E-state index is 0.0317. The zero-order valence-electron chi connectivity index (χ0n) is 11.0. The molecule has 2 atom stereocenters. The average molecular weight is 324 g/mol. The van der Waals surface area contributed by atoms with Crippen LogP contribution in [0.4, 0.5) is 0 Å². The topological polar surface area (TPSA) is 66.5 Å². The molecule has 0 aromatic heterocycles. The highest BCUT2D eigenvalue weighted by Crippen LogP contribution is 2.22. The maximum absolute atomic E-state index is 12.3. The standard InChI is InChI=1S/C11H20N2O3S3/c1-19(15,16)11-8-18-5-3-13(11)10(14)6-9-7-17-4-2-12-9/h9,11-12H,2-8H2,1H3. The molecule has 2 unspecified atom stereocenters. The SMILES string of the molecule is CS(=O)(=O)C1CSCCN1C(=O)CC1CSCCN1. The lowest BCUT2D eigenvalue weighted by atomic mass is 10.2. The fourth-order valence-corrected chi connectivity index (χ4v) is 6.09. The van der Waals surface area contributed by atoms with E-state index in [1.165, 1.54) is 6.26 Å². The molecule has 2 aliphatic heterocycles. The highest BCUT2D eigenvalue weighted by atomic mass is 32.2. The van der Waals surface area contributed by atoms with Gasteiger partial charge in [-0.1, -0.05) is 0 Å². The molecule has 0 aromatic rings. The number of hydrogen-bond donors (Lipinski definition) is 1. The highest BCUT2D eigenvalue weighted by Gasteiger charge is 2.34. The van der Waals surface area contributed by atoms with Crippen molar-refractivity contribution in [1.82, 2.24) is 10.2 Å². The monoisotopic (exact) mass is 324 g/mol. The molecule has 19 heavy (non-hydrogen) atoms. The molecule has 0 saturated carbocycles. The Labute approximate surface area is 123 Å². The summed E-state index contributed by atoms with van der Waals surface area (Å²) in [5.41, 5.74) is 0. The molecule has 1 N–H and O–H groups in total. The van der Waals surface area contributed by atoms with Crippen molar-refractivity contribution in [3.05, 3.63) is 0 Å². The zero-order chi connectivity index (χ0) is 13.9. The summed E-state index contributed by atoms with van der Waals surface area (Å²) in [6, 6.07) is 0.182. The van der Waals surface area contributed by atoms with Crippen LogP contribution in [-0.4, -0.2) is 73.0 Å². The molecule has 0 aliphatic carbocycles. The van der Waals surface area contributed by atoms with Gasteiger partial charge >= 0.3 is 0 Å². The average Bonchev–Trinajstić information content (AvgIpc) is 2.39. The number of hydrogen-bond acceptors (Lipinski definition) is 6. The first kappa shape index (κ1) is 15.5. The number of carbonyl (C=O) groups is 1. The molecule has 2 saturated heterocycles. The third-order valence-corrected chi connectivity index (χ3v) is 7.09. The van der Waals surface area contributed by atoms with Crippen LogP contribution in [0.1, 0.15) is 6.42 Å². The van der Waals surface area contributed by atoms with Gasteiger partial charge in [0.2, 0.25) is 5.91 Å². The Bertz CT molecular complexity index is 421. The molecule has 2 fully saturated rings. The smallest absolute Gasteiger partial charge is 0.225 e. The zero-order valence-corrected chi connectivity index (χ0v) is 13.5. The third kappa shape index (κ3) is 4.27. The fraction of sp³-hybridized carbons (Fsp3) is 0.909. The van der Waals surface area contributed by atoms with Gasteiger partial charge in [-0.2, -0.15) is 23.5 Å². The van der Waals surface area contributed by atoms with Crippen LogP contribution in [0.2, 0.25) is 0 Å². The molecule has 1 amide bonds. The van der Waals surface area contributed by atoms with Gasteiger partial charge in [0, 0.05) is 54.8 Å². The molecule has 8 heteroatoms. The van der Waals surface area contributed by atoms with Crippen LogP contribution in [0.15, 0.2) is 0 Å². The number of nitrogens with one attached hydrogen (secondary N) is 1. The number of rotatable bonds is 3. The van der Waals surface area contributed by atoms with E-state index in [0.29, 0.717) is 18.7 Å². The number of thioether (sulfide) groups is 2. The Morgan fingerprint density at radius 1 is 1.32 bits per heavy atom. The van der Waals surface area contributed by atoms with E-state index in [4.69, 9.17) is 0 Å². The van der Waals surface area contributed by atoms with Gasteiger partial charge in [-0.25, -0.2) is 8.42 Å². The van der Waals surface area contributed by atoms with E-state index < -0.39 is 15.2 Å². The van der Waals surface area contributed by atoms with Gasteiger partial charge in [0.25, 0.3) is 0 Å². The predicted octanol–water partition coefficient (Wildman–Crippen LogP) is 0.0276. The van der Waals surface area contributed by atoms with Crippen molar-refractivity contribution in [2.75, 3.05) is 42.4 Å². The van der Waals surface area contributed by atoms with Crippen LogP contribution >= 0.6 is 23.5 Å². The second-order valence-corrected chi connectivity index (χ2v) is 9.38. The first-order valence-corrected chi connectivity index (χ1v) is 10.6. The van der Waals surface area contributed by atoms with E-state index in [0.717, 1.165) is 23.8 Å². The van der Waals surface area contributed by atoms with Crippen LogP contribution in [-0.2, 0) is 14.6 Å². The van der Waals surface area contributed by atoms with Gasteiger partial charge < -0.3 is 10.2 Å². The first-order chi connectivity index (χ1) is 8.98. The van der Waals surface area contributed by atoms with E-state index in [2.05, 4.69) is 5.32 Å². The summed E-state index contributed by atoms with van der Waals surface area (Å²) in [4.78, 5) is 13.9. The highest BCUT2D eigenvalue weighted by molar-refractivity contribution is 8.01. The van der Waals surface area contributed by atoms with Gasteiger partial charge in [-0.3, -0.25) is 4.79 Å². The van der Waals surface area contributed by atoms with E-state index in [1.54, 1.807) is 16.7 Å². The van der Waals surface area contributed by atoms with Gasteiger partial charge in [0.15, 0.2) is 9.84 Å². The predicted molar refractivity (Wildman–Crippen MR) is 81.4 cm³/mol. The van der Waals surface area contributed by atoms with Crippen LogP contribution in [0.3, 0.4) is 0 Å². The third-order valence-electron chi connectivity index (χ3n) is 3.32. The normalized spacial score (nSPS) is 29.2. The van der Waals surface area contributed by atoms with Gasteiger partial charge in [0.1, 0.15) is 5.37 Å². The van der Waals surface area contributed by atoms with Crippen LogP contribution in [0.25, 0.3) is 0 Å². The Balaban J connectivity index is 1.99. The molecule has 2 aliphatic rings. The van der Waals surface area contributed by atoms with Crippen molar-refractivity contribution in [1.29, 1.82) is 0 Å². The van der Waals surface area contributed by atoms with Crippen molar-refractivity contribution in [2.45, 2.75) is 17.8 Å². The van der Waals surface area contributed by atoms with E-state index in [9.17, 15) is 13.2 Å². The van der Waals surface area contributed by atoms with E-state index in [-0.39, 0.29) is 11.9 Å². The van der Waals surface area contributed by atoms with Crippen molar-refractivity contribution < 1.29 is 13.2 Å². The molecular formula is C11H20N2O3S3. The van der Waals surface area contributed by atoms with Crippen molar-refractivity contribution >= 4 is 39.3 Å². The lowest BCUT2D eigenvalue weighted by molar-refractivity contribution is -0.132. The summed E-state index contributed by atoms with van der Waals surface area (Å²) in [6.45, 7) is 1.47. The summed E-state index contributed by atoms with van der Waals surface area (Å²) in [5, 5.41) is 2.68. The fourth-order valence-electron chi connectivity index (χ4n) is 2.30. The largest absolute Gasteiger partial charge is 0.324 e. The number of carbonyl (C=O) groups excluding carboxylic acids is 1. The number of nitrogens with zero attached hydrogens (tertiary/aromatic N) is 1. The Kier molecular flexibility index (Phi) is 5.45. The summed E-state index contributed by atoms with van der Waals surface area (Å²) in [5.74, 6) is 3.30. The lowest BCUT2D eigenvalue weighted by Crippen LogP contribution is -2.52. The quantitative estimate of drug-likeness (QED) is 0.790. The molecule has 5 nitrogen and oxygen atoms in total. The minimum Gasteiger partial charge on any atom is -0.324 e. The number of sulfone groups is 1. The molecule has 0 bridgehead atoms. The molecule has 110 valence electrons. The maximum Gasteiger partial charge on any atom is 0.225 e. The molecule has 2 heterocycles. The lowest BCUT2D eigenvalue weighted by Gasteiger charge is -2.35. The Morgan fingerprint density at radius 3 is 2.68 bits per heavy atom. The summed E-state index contributed by atoms with van der Waals surface area (Å²) in [7, 11) is -3.20. The van der Waals surface area contributed by atoms with Gasteiger partial charge in [-0.15, -0.1) is 0 Å². The molecule has 0 spiro atoms. The minimum atomic E-state index is -3.20. The van der Waals surface area contributed by atoms with E-state index >= 15 is 0 Å². The van der Waals surface area contributed by atoms with Gasteiger partial charge in [-0.05, 0) is 0 Å². The summed E-state index contributed by atoms with van der Waals surface area (Å²) >= 11 is 3.45. The molecule has 0 aromatic carbocycles.